The summed E-state index contributed by atoms with van der Waals surface area (Å²) in [6.07, 6.45) is 6.63. The van der Waals surface area contributed by atoms with E-state index in [4.69, 9.17) is 0 Å². The summed E-state index contributed by atoms with van der Waals surface area (Å²) in [4.78, 5) is 9.43. The Hall–Kier alpha value is -1.13. The van der Waals surface area contributed by atoms with Crippen molar-refractivity contribution >= 4 is 5.69 Å². The van der Waals surface area contributed by atoms with Crippen LogP contribution in [0.3, 0.4) is 0 Å². The molecule has 1 N–H and O–H groups in total. The summed E-state index contributed by atoms with van der Waals surface area (Å²) in [6.45, 7) is 11.4. The van der Waals surface area contributed by atoms with E-state index in [-0.39, 0.29) is 0 Å². The molecule has 4 nitrogen and oxygen atoms in total. The Balaban J connectivity index is 1.58. The Morgan fingerprint density at radius 2 is 2.00 bits per heavy atom. The molecule has 116 valence electrons. The van der Waals surface area contributed by atoms with Crippen LogP contribution >= 0.6 is 0 Å². The topological polar surface area (TPSA) is 31.4 Å². The zero-order valence-electron chi connectivity index (χ0n) is 13.4. The fourth-order valence-electron chi connectivity index (χ4n) is 3.09. The second-order valence-electron chi connectivity index (χ2n) is 6.84. The van der Waals surface area contributed by atoms with Gasteiger partial charge in [0, 0.05) is 69.0 Å². The molecule has 1 saturated carbocycles. The fraction of sp³-hybridized carbons (Fsp3) is 0.706. The molecule has 1 aromatic heterocycles. The molecule has 0 atom stereocenters. The van der Waals surface area contributed by atoms with Crippen LogP contribution in [0.1, 0.15) is 32.3 Å². The van der Waals surface area contributed by atoms with Gasteiger partial charge in [-0.05, 0) is 24.8 Å². The van der Waals surface area contributed by atoms with E-state index in [9.17, 15) is 0 Å². The number of pyridine rings is 1. The quantitative estimate of drug-likeness (QED) is 0.869. The van der Waals surface area contributed by atoms with E-state index in [0.29, 0.717) is 0 Å². The van der Waals surface area contributed by atoms with E-state index < -0.39 is 0 Å². The lowest BCUT2D eigenvalue weighted by Gasteiger charge is -2.37. The average molecular weight is 288 g/mol. The minimum atomic E-state index is 0.751. The summed E-state index contributed by atoms with van der Waals surface area (Å²) in [6, 6.07) is 2.93. The molecule has 2 heterocycles. The van der Waals surface area contributed by atoms with Gasteiger partial charge in [-0.2, -0.15) is 0 Å². The molecule has 21 heavy (non-hydrogen) atoms. The van der Waals surface area contributed by atoms with E-state index >= 15 is 0 Å². The van der Waals surface area contributed by atoms with E-state index in [1.54, 1.807) is 0 Å². The van der Waals surface area contributed by atoms with Crippen molar-refractivity contribution in [1.82, 2.24) is 15.2 Å². The molecule has 1 aromatic rings. The van der Waals surface area contributed by atoms with Crippen molar-refractivity contribution in [3.63, 3.8) is 0 Å². The molecular formula is C17H28N4. The summed E-state index contributed by atoms with van der Waals surface area (Å²) < 4.78 is 0. The van der Waals surface area contributed by atoms with Crippen molar-refractivity contribution in [2.45, 2.75) is 39.3 Å². The van der Waals surface area contributed by atoms with Crippen LogP contribution in [0.4, 0.5) is 5.69 Å². The number of nitrogens with one attached hydrogen (secondary N) is 1. The van der Waals surface area contributed by atoms with Gasteiger partial charge < -0.3 is 10.2 Å². The molecule has 0 unspecified atom stereocenters. The Bertz CT molecular complexity index is 448. The molecule has 3 rings (SSSR count). The third-order valence-electron chi connectivity index (χ3n) is 4.37. The first kappa shape index (κ1) is 14.8. The second-order valence-corrected chi connectivity index (χ2v) is 6.84. The molecule has 4 heteroatoms. The zero-order chi connectivity index (χ0) is 14.7. The van der Waals surface area contributed by atoms with E-state index in [1.165, 1.54) is 43.7 Å². The van der Waals surface area contributed by atoms with E-state index in [1.807, 2.05) is 12.4 Å². The number of aromatic nitrogens is 1. The second kappa shape index (κ2) is 6.75. The Kier molecular flexibility index (Phi) is 4.76. The van der Waals surface area contributed by atoms with Crippen LogP contribution < -0.4 is 10.2 Å². The Labute approximate surface area is 128 Å². The third-order valence-corrected chi connectivity index (χ3v) is 4.37. The van der Waals surface area contributed by atoms with Crippen LogP contribution in [-0.4, -0.2) is 48.6 Å². The van der Waals surface area contributed by atoms with Gasteiger partial charge in [0.2, 0.25) is 0 Å². The number of hydrogen-bond acceptors (Lipinski definition) is 4. The standard InChI is InChI=1S/C17H28N4/c1-14(2)13-20-7-9-21(10-8-20)17-5-6-18-11-15(17)12-19-16-3-4-16/h5-6,11,14,16,19H,3-4,7-10,12-13H2,1-2H3. The molecule has 2 aliphatic rings. The van der Waals surface area contributed by atoms with Crippen LogP contribution in [0.25, 0.3) is 0 Å². The molecule has 0 amide bonds. The van der Waals surface area contributed by atoms with E-state index in [2.05, 4.69) is 40.0 Å². The third kappa shape index (κ3) is 4.17. The SMILES string of the molecule is CC(C)CN1CCN(c2ccncc2CNC2CC2)CC1. The summed E-state index contributed by atoms with van der Waals surface area (Å²) in [7, 11) is 0. The van der Waals surface area contributed by atoms with Crippen molar-refractivity contribution in [2.24, 2.45) is 5.92 Å². The van der Waals surface area contributed by atoms with Crippen LogP contribution in [0.15, 0.2) is 18.5 Å². The lowest BCUT2D eigenvalue weighted by Crippen LogP contribution is -2.47. The van der Waals surface area contributed by atoms with Gasteiger partial charge in [0.25, 0.3) is 0 Å². The summed E-state index contributed by atoms with van der Waals surface area (Å²) in [5, 5.41) is 3.61. The first-order chi connectivity index (χ1) is 10.2. The van der Waals surface area contributed by atoms with Crippen LogP contribution in [0.2, 0.25) is 0 Å². The summed E-state index contributed by atoms with van der Waals surface area (Å²) >= 11 is 0. The largest absolute Gasteiger partial charge is 0.369 e. The average Bonchev–Trinajstić information content (AvgIpc) is 3.30. The van der Waals surface area contributed by atoms with Crippen molar-refractivity contribution < 1.29 is 0 Å². The van der Waals surface area contributed by atoms with Crippen molar-refractivity contribution in [2.75, 3.05) is 37.6 Å². The first-order valence-electron chi connectivity index (χ1n) is 8.36. The molecule has 1 aliphatic heterocycles. The molecule has 0 radical (unpaired) electrons. The molecule has 0 bridgehead atoms. The monoisotopic (exact) mass is 288 g/mol. The number of nitrogens with zero attached hydrogens (tertiary/aromatic N) is 3. The van der Waals surface area contributed by atoms with Gasteiger partial charge in [-0.3, -0.25) is 9.88 Å². The predicted molar refractivity (Wildman–Crippen MR) is 87.6 cm³/mol. The molecule has 1 saturated heterocycles. The highest BCUT2D eigenvalue weighted by Gasteiger charge is 2.22. The molecule has 1 aliphatic carbocycles. The van der Waals surface area contributed by atoms with Crippen molar-refractivity contribution in [3.05, 3.63) is 24.0 Å². The normalized spacial score (nSPS) is 20.2. The van der Waals surface area contributed by atoms with Gasteiger partial charge in [0.15, 0.2) is 0 Å². The van der Waals surface area contributed by atoms with Gasteiger partial charge in [0.1, 0.15) is 0 Å². The van der Waals surface area contributed by atoms with Crippen molar-refractivity contribution in [3.8, 4) is 0 Å². The Morgan fingerprint density at radius 1 is 1.24 bits per heavy atom. The van der Waals surface area contributed by atoms with Crippen LogP contribution in [0.5, 0.6) is 0 Å². The number of rotatable bonds is 6. The molecule has 2 fully saturated rings. The lowest BCUT2D eigenvalue weighted by molar-refractivity contribution is 0.231. The highest BCUT2D eigenvalue weighted by molar-refractivity contribution is 5.52. The number of hydrogen-bond donors (Lipinski definition) is 1. The summed E-state index contributed by atoms with van der Waals surface area (Å²) in [5.41, 5.74) is 2.73. The summed E-state index contributed by atoms with van der Waals surface area (Å²) in [5.74, 6) is 0.760. The highest BCUT2D eigenvalue weighted by atomic mass is 15.3. The smallest absolute Gasteiger partial charge is 0.0443 e. The van der Waals surface area contributed by atoms with E-state index in [0.717, 1.165) is 31.6 Å². The molecular weight excluding hydrogens is 260 g/mol. The van der Waals surface area contributed by atoms with Gasteiger partial charge >= 0.3 is 0 Å². The zero-order valence-corrected chi connectivity index (χ0v) is 13.4. The maximum atomic E-state index is 4.32. The van der Waals surface area contributed by atoms with Gasteiger partial charge in [0.05, 0.1) is 0 Å². The van der Waals surface area contributed by atoms with Gasteiger partial charge in [-0.1, -0.05) is 13.8 Å². The minimum Gasteiger partial charge on any atom is -0.369 e. The van der Waals surface area contributed by atoms with Gasteiger partial charge in [-0.15, -0.1) is 0 Å². The predicted octanol–water partition coefficient (Wildman–Crippen LogP) is 2.11. The number of anilines is 1. The fourth-order valence-corrected chi connectivity index (χ4v) is 3.09. The van der Waals surface area contributed by atoms with Gasteiger partial charge in [-0.25, -0.2) is 0 Å². The molecule has 0 spiro atoms. The number of piperazine rings is 1. The lowest BCUT2D eigenvalue weighted by atomic mass is 10.1. The maximum absolute atomic E-state index is 4.32. The van der Waals surface area contributed by atoms with Crippen LogP contribution in [-0.2, 0) is 6.54 Å². The highest BCUT2D eigenvalue weighted by Crippen LogP contribution is 2.24. The van der Waals surface area contributed by atoms with Crippen molar-refractivity contribution in [1.29, 1.82) is 0 Å². The molecule has 0 aromatic carbocycles. The minimum absolute atomic E-state index is 0.751. The maximum Gasteiger partial charge on any atom is 0.0443 e. The van der Waals surface area contributed by atoms with Crippen LogP contribution in [0, 0.1) is 5.92 Å². The Morgan fingerprint density at radius 3 is 2.67 bits per heavy atom. The first-order valence-corrected chi connectivity index (χ1v) is 8.36.